The Hall–Kier alpha value is -4.11. The molecule has 5 atom stereocenters. The van der Waals surface area contributed by atoms with Gasteiger partial charge in [-0.3, -0.25) is 28.5 Å². The number of ether oxygens (including phenoxy) is 2. The summed E-state index contributed by atoms with van der Waals surface area (Å²) in [5.41, 5.74) is 0.488. The molecule has 3 aromatic rings. The largest absolute Gasteiger partial charge is 0.460 e. The number of carbonyl (C=O) groups is 4. The van der Waals surface area contributed by atoms with E-state index in [2.05, 4.69) is 9.71 Å². The molecule has 1 aromatic carbocycles. The first-order valence-electron chi connectivity index (χ1n) is 19.9. The summed E-state index contributed by atoms with van der Waals surface area (Å²) in [7, 11) is -3.85. The fraction of sp³-hybridized carbons (Fsp3) is 0.610. The van der Waals surface area contributed by atoms with Crippen LogP contribution in [0.1, 0.15) is 111 Å². The van der Waals surface area contributed by atoms with Gasteiger partial charge in [-0.25, -0.2) is 13.4 Å². The minimum Gasteiger partial charge on any atom is -0.460 e. The zero-order valence-corrected chi connectivity index (χ0v) is 34.5. The fourth-order valence-corrected chi connectivity index (χ4v) is 10.3. The molecule has 4 aliphatic rings. The van der Waals surface area contributed by atoms with Crippen molar-refractivity contribution in [3.05, 3.63) is 41.9 Å². The number of hydrogen-bond acceptors (Lipinski definition) is 11. The number of ketones is 1. The maximum absolute atomic E-state index is 14.7. The van der Waals surface area contributed by atoms with Gasteiger partial charge in [0.15, 0.2) is 5.78 Å². The smallest absolute Gasteiger partial charge is 0.307 e. The molecule has 1 saturated heterocycles. The molecule has 3 fully saturated rings. The Morgan fingerprint density at radius 1 is 1.11 bits per heavy atom. The lowest BCUT2D eigenvalue weighted by molar-refractivity contribution is -0.159. The Kier molecular flexibility index (Phi) is 11.2. The van der Waals surface area contributed by atoms with E-state index < -0.39 is 56.2 Å². The number of fused-ring (bicyclic) bond motifs is 3. The molecule has 2 saturated carbocycles. The number of hydrogen-bond donors (Lipinski definition) is 1. The van der Waals surface area contributed by atoms with Crippen molar-refractivity contribution >= 4 is 56.0 Å². The van der Waals surface area contributed by atoms with Gasteiger partial charge >= 0.3 is 5.97 Å². The summed E-state index contributed by atoms with van der Waals surface area (Å²) in [6.45, 7) is 9.48. The number of para-hydroxylation sites is 1. The van der Waals surface area contributed by atoms with E-state index in [0.29, 0.717) is 38.1 Å². The second-order valence-corrected chi connectivity index (χ2v) is 20.0. The van der Waals surface area contributed by atoms with Crippen LogP contribution in [-0.2, 0) is 33.9 Å². The van der Waals surface area contributed by atoms with E-state index in [1.165, 1.54) is 16.2 Å². The van der Waals surface area contributed by atoms with Crippen molar-refractivity contribution in [2.75, 3.05) is 6.54 Å². The van der Waals surface area contributed by atoms with Crippen LogP contribution < -0.4 is 9.46 Å². The summed E-state index contributed by atoms with van der Waals surface area (Å²) in [4.78, 5) is 67.4. The normalized spacial score (nSPS) is 26.9. The Morgan fingerprint density at radius 3 is 2.59 bits per heavy atom. The van der Waals surface area contributed by atoms with E-state index in [4.69, 9.17) is 14.5 Å². The van der Waals surface area contributed by atoms with Crippen LogP contribution in [0.5, 0.6) is 6.01 Å². The number of rotatable bonds is 9. The molecule has 4 heterocycles. The molecule has 2 amide bonds. The number of esters is 1. The summed E-state index contributed by atoms with van der Waals surface area (Å²) < 4.78 is 42.5. The third-order valence-electron chi connectivity index (χ3n) is 11.3. The van der Waals surface area contributed by atoms with Crippen LogP contribution in [0, 0.1) is 17.3 Å². The van der Waals surface area contributed by atoms with Gasteiger partial charge in [0, 0.05) is 41.9 Å². The number of aromatic nitrogens is 3. The van der Waals surface area contributed by atoms with Crippen molar-refractivity contribution in [3.63, 3.8) is 0 Å². The number of nitrogens with zero attached hydrogens (tertiary/aromatic N) is 4. The van der Waals surface area contributed by atoms with Gasteiger partial charge in [-0.1, -0.05) is 31.1 Å². The molecule has 13 nitrogen and oxygen atoms in total. The monoisotopic (exact) mass is 807 g/mol. The van der Waals surface area contributed by atoms with Crippen LogP contribution in [0.4, 0.5) is 0 Å². The van der Waals surface area contributed by atoms with Gasteiger partial charge < -0.3 is 14.4 Å². The highest BCUT2D eigenvalue weighted by molar-refractivity contribution is 7.90. The van der Waals surface area contributed by atoms with Gasteiger partial charge in [0.2, 0.25) is 21.8 Å². The highest BCUT2D eigenvalue weighted by atomic mass is 32.2. The quantitative estimate of drug-likeness (QED) is 0.186. The summed E-state index contributed by atoms with van der Waals surface area (Å²) in [6, 6.07) is 5.26. The van der Waals surface area contributed by atoms with Crippen molar-refractivity contribution in [1.82, 2.24) is 24.2 Å². The van der Waals surface area contributed by atoms with Gasteiger partial charge in [0.1, 0.15) is 22.2 Å². The molecular weight excluding hydrogens is 755 g/mol. The molecular formula is C41H53N5O8S2. The van der Waals surface area contributed by atoms with E-state index in [1.807, 2.05) is 54.1 Å². The number of allylic oxidation sites excluding steroid dienone is 2. The zero-order chi connectivity index (χ0) is 40.0. The molecule has 56 heavy (non-hydrogen) atoms. The van der Waals surface area contributed by atoms with Crippen LogP contribution in [0.3, 0.4) is 0 Å². The van der Waals surface area contributed by atoms with Crippen LogP contribution in [0.25, 0.3) is 21.6 Å². The molecule has 7 rings (SSSR count). The summed E-state index contributed by atoms with van der Waals surface area (Å²) in [6.07, 6.45) is 9.74. The second-order valence-electron chi connectivity index (χ2n) is 17.2. The summed E-state index contributed by atoms with van der Waals surface area (Å²) in [5, 5.41) is 2.14. The molecule has 0 unspecified atom stereocenters. The third kappa shape index (κ3) is 8.58. The van der Waals surface area contributed by atoms with Crippen molar-refractivity contribution in [2.24, 2.45) is 17.3 Å². The Morgan fingerprint density at radius 2 is 1.89 bits per heavy atom. The fourth-order valence-electron chi connectivity index (χ4n) is 8.26. The molecule has 302 valence electrons. The number of sulfonamides is 1. The SMILES string of the molecule is CC(C)n1c(O[C@@H]2C[C@H]3C(=O)C[C@]4(C(=O)NS(=O)(=O)C5CC5)C[C@H]4/C=C\CCCCC[C@H](CC(=O)OC(C)(C)C)C(=O)N3C2)nc2c(-c3nccs3)cccc21. The molecule has 2 aromatic heterocycles. The topological polar surface area (TPSA) is 167 Å². The van der Waals surface area contributed by atoms with Gasteiger partial charge in [0.05, 0.1) is 35.2 Å². The maximum Gasteiger partial charge on any atom is 0.307 e. The van der Waals surface area contributed by atoms with Gasteiger partial charge in [-0.15, -0.1) is 11.3 Å². The Balaban J connectivity index is 1.22. The molecule has 0 spiro atoms. The van der Waals surface area contributed by atoms with E-state index in [0.717, 1.165) is 40.9 Å². The lowest BCUT2D eigenvalue weighted by Gasteiger charge is -2.29. The molecule has 15 heteroatoms. The standard InChI is InChI=1S/C41H53N5O8S2/c1-25(2)46-31-15-11-14-30(36-42-18-19-55-36)35(31)43-39(46)53-28-21-32-33(47)23-41(38(50)44-56(51,52)29-16-17-29)22-27(41)13-10-8-6-7-9-12-26(37(49)45(32)24-28)20-34(48)54-40(3,4)5/h10-11,13-15,18-19,25-29,32H,6-9,12,16-17,20-24H2,1-5H3,(H,44,50)/b13-10-/t26-,27-,28-,32+,41-/m1/s1. The lowest BCUT2D eigenvalue weighted by atomic mass is 9.90. The predicted molar refractivity (Wildman–Crippen MR) is 212 cm³/mol. The van der Waals surface area contributed by atoms with Crippen LogP contribution in [0.2, 0.25) is 0 Å². The van der Waals surface area contributed by atoms with Gasteiger partial charge in [-0.05, 0) is 91.2 Å². The lowest BCUT2D eigenvalue weighted by Crippen LogP contribution is -2.46. The molecule has 2 aliphatic carbocycles. The molecule has 1 N–H and O–H groups in total. The third-order valence-corrected chi connectivity index (χ3v) is 13.9. The van der Waals surface area contributed by atoms with Crippen molar-refractivity contribution in [1.29, 1.82) is 0 Å². The number of Topliss-reactive ketones (excluding diaryl/α,β-unsaturated/α-hetero) is 1. The molecule has 2 aliphatic heterocycles. The van der Waals surface area contributed by atoms with Crippen LogP contribution >= 0.6 is 11.3 Å². The van der Waals surface area contributed by atoms with Crippen LogP contribution in [-0.4, -0.2) is 81.0 Å². The molecule has 0 bridgehead atoms. The van der Waals surface area contributed by atoms with E-state index in [-0.39, 0.29) is 49.5 Å². The van der Waals surface area contributed by atoms with E-state index in [1.54, 1.807) is 27.0 Å². The summed E-state index contributed by atoms with van der Waals surface area (Å²) in [5.74, 6) is -2.85. The van der Waals surface area contributed by atoms with Crippen molar-refractivity contribution < 1.29 is 37.1 Å². The molecule has 0 radical (unpaired) electrons. The number of amides is 2. The number of benzene rings is 1. The second kappa shape index (κ2) is 15.7. The number of carbonyl (C=O) groups excluding carboxylic acids is 4. The highest BCUT2D eigenvalue weighted by Gasteiger charge is 2.61. The number of nitrogens with one attached hydrogen (secondary N) is 1. The van der Waals surface area contributed by atoms with Gasteiger partial charge in [-0.2, -0.15) is 4.98 Å². The van der Waals surface area contributed by atoms with Gasteiger partial charge in [0.25, 0.3) is 6.01 Å². The average Bonchev–Trinajstić information content (AvgIpc) is 3.91. The Labute approximate surface area is 332 Å². The van der Waals surface area contributed by atoms with Crippen molar-refractivity contribution in [2.45, 2.75) is 134 Å². The first-order chi connectivity index (χ1) is 26.6. The van der Waals surface area contributed by atoms with Crippen LogP contribution in [0.15, 0.2) is 41.9 Å². The van der Waals surface area contributed by atoms with E-state index >= 15 is 0 Å². The minimum absolute atomic E-state index is 0.0416. The number of thiazole rings is 1. The predicted octanol–water partition coefficient (Wildman–Crippen LogP) is 6.53. The highest BCUT2D eigenvalue weighted by Crippen LogP contribution is 2.57. The minimum atomic E-state index is -3.85. The first kappa shape index (κ1) is 40.1. The summed E-state index contributed by atoms with van der Waals surface area (Å²) >= 11 is 1.51. The first-order valence-corrected chi connectivity index (χ1v) is 22.3. The zero-order valence-electron chi connectivity index (χ0n) is 32.9. The average molecular weight is 808 g/mol. The number of imidazole rings is 1. The van der Waals surface area contributed by atoms with Crippen molar-refractivity contribution in [3.8, 4) is 16.6 Å². The Bertz CT molecular complexity index is 2120. The van der Waals surface area contributed by atoms with E-state index in [9.17, 15) is 27.6 Å². The maximum atomic E-state index is 14.7.